The van der Waals surface area contributed by atoms with E-state index in [1.165, 1.54) is 0 Å². The van der Waals surface area contributed by atoms with Crippen molar-refractivity contribution in [3.63, 3.8) is 0 Å². The SMILES string of the molecule is Cc1ccc([N+](=O)[O-])c(N2C3CCC2CC(N)C3)c1. The summed E-state index contributed by atoms with van der Waals surface area (Å²) in [4.78, 5) is 13.2. The van der Waals surface area contributed by atoms with E-state index in [2.05, 4.69) is 4.90 Å². The monoisotopic (exact) mass is 261 g/mol. The Hall–Kier alpha value is -1.62. The summed E-state index contributed by atoms with van der Waals surface area (Å²) in [6.45, 7) is 1.98. The van der Waals surface area contributed by atoms with Crippen LogP contribution < -0.4 is 10.6 Å². The van der Waals surface area contributed by atoms with Crippen molar-refractivity contribution in [3.05, 3.63) is 33.9 Å². The number of nitrogens with zero attached hydrogens (tertiary/aromatic N) is 2. The number of nitro groups is 1. The molecule has 2 heterocycles. The maximum atomic E-state index is 11.2. The van der Waals surface area contributed by atoms with E-state index in [9.17, 15) is 10.1 Å². The first-order valence-electron chi connectivity index (χ1n) is 6.85. The molecule has 2 aliphatic rings. The molecule has 2 N–H and O–H groups in total. The molecule has 2 aliphatic heterocycles. The van der Waals surface area contributed by atoms with Crippen molar-refractivity contribution < 1.29 is 4.92 Å². The Bertz CT molecular complexity index is 503. The topological polar surface area (TPSA) is 72.4 Å². The van der Waals surface area contributed by atoms with E-state index < -0.39 is 0 Å². The highest BCUT2D eigenvalue weighted by Crippen LogP contribution is 2.42. The van der Waals surface area contributed by atoms with Crippen molar-refractivity contribution in [2.75, 3.05) is 4.90 Å². The molecule has 102 valence electrons. The minimum atomic E-state index is -0.275. The quantitative estimate of drug-likeness (QED) is 0.655. The molecule has 0 spiro atoms. The average molecular weight is 261 g/mol. The van der Waals surface area contributed by atoms with Crippen LogP contribution in [0.25, 0.3) is 0 Å². The Labute approximate surface area is 112 Å². The van der Waals surface area contributed by atoms with Crippen molar-refractivity contribution in [1.82, 2.24) is 0 Å². The molecule has 0 radical (unpaired) electrons. The predicted octanol–water partition coefficient (Wildman–Crippen LogP) is 2.36. The minimum Gasteiger partial charge on any atom is -0.360 e. The van der Waals surface area contributed by atoms with Gasteiger partial charge in [-0.15, -0.1) is 0 Å². The van der Waals surface area contributed by atoms with Crippen LogP contribution in [0.15, 0.2) is 18.2 Å². The molecule has 5 nitrogen and oxygen atoms in total. The summed E-state index contributed by atoms with van der Waals surface area (Å²) in [5.74, 6) is 0. The van der Waals surface area contributed by atoms with Gasteiger partial charge in [0.05, 0.1) is 4.92 Å². The number of anilines is 1. The molecule has 2 saturated heterocycles. The van der Waals surface area contributed by atoms with E-state index in [0.717, 1.165) is 36.9 Å². The van der Waals surface area contributed by atoms with E-state index in [1.54, 1.807) is 12.1 Å². The lowest BCUT2D eigenvalue weighted by Crippen LogP contribution is -2.47. The highest BCUT2D eigenvalue weighted by molar-refractivity contribution is 5.66. The van der Waals surface area contributed by atoms with E-state index in [4.69, 9.17) is 5.73 Å². The van der Waals surface area contributed by atoms with E-state index in [0.29, 0.717) is 12.1 Å². The van der Waals surface area contributed by atoms with E-state index in [-0.39, 0.29) is 16.7 Å². The number of piperidine rings is 1. The van der Waals surface area contributed by atoms with Crippen molar-refractivity contribution in [2.24, 2.45) is 5.73 Å². The van der Waals surface area contributed by atoms with Gasteiger partial charge in [0.15, 0.2) is 0 Å². The first kappa shape index (κ1) is 12.4. The number of aryl methyl sites for hydroxylation is 1. The van der Waals surface area contributed by atoms with Crippen LogP contribution in [0.4, 0.5) is 11.4 Å². The fraction of sp³-hybridized carbons (Fsp3) is 0.571. The number of hydrogen-bond donors (Lipinski definition) is 1. The van der Waals surface area contributed by atoms with Crippen molar-refractivity contribution in [3.8, 4) is 0 Å². The number of fused-ring (bicyclic) bond motifs is 2. The van der Waals surface area contributed by atoms with Gasteiger partial charge in [-0.05, 0) is 44.2 Å². The summed E-state index contributed by atoms with van der Waals surface area (Å²) in [5.41, 5.74) is 8.13. The van der Waals surface area contributed by atoms with Crippen LogP contribution in [0.1, 0.15) is 31.2 Å². The fourth-order valence-electron chi connectivity index (χ4n) is 3.61. The summed E-state index contributed by atoms with van der Waals surface area (Å²) in [5, 5.41) is 11.2. The Morgan fingerprint density at radius 1 is 1.32 bits per heavy atom. The highest BCUT2D eigenvalue weighted by atomic mass is 16.6. The lowest BCUT2D eigenvalue weighted by atomic mass is 9.97. The molecule has 1 aromatic carbocycles. The Morgan fingerprint density at radius 2 is 1.95 bits per heavy atom. The Balaban J connectivity index is 2.03. The number of nitro benzene ring substituents is 1. The van der Waals surface area contributed by atoms with Crippen molar-refractivity contribution >= 4 is 11.4 Å². The normalized spacial score (nSPS) is 29.6. The minimum absolute atomic E-state index is 0.220. The lowest BCUT2D eigenvalue weighted by molar-refractivity contribution is -0.384. The molecule has 19 heavy (non-hydrogen) atoms. The number of hydrogen-bond acceptors (Lipinski definition) is 4. The molecule has 0 aromatic heterocycles. The highest BCUT2D eigenvalue weighted by Gasteiger charge is 2.41. The number of nitrogens with two attached hydrogens (primary N) is 1. The van der Waals surface area contributed by atoms with E-state index >= 15 is 0 Å². The zero-order valence-corrected chi connectivity index (χ0v) is 11.1. The number of benzene rings is 1. The van der Waals surface area contributed by atoms with Crippen molar-refractivity contribution in [2.45, 2.75) is 50.7 Å². The molecule has 1 aromatic rings. The van der Waals surface area contributed by atoms with Gasteiger partial charge in [0.2, 0.25) is 0 Å². The first-order valence-corrected chi connectivity index (χ1v) is 6.85. The molecule has 2 atom stereocenters. The van der Waals surface area contributed by atoms with Gasteiger partial charge in [0.25, 0.3) is 5.69 Å². The maximum Gasteiger partial charge on any atom is 0.292 e. The summed E-state index contributed by atoms with van der Waals surface area (Å²) in [7, 11) is 0. The van der Waals surface area contributed by atoms with Gasteiger partial charge in [0.1, 0.15) is 5.69 Å². The van der Waals surface area contributed by atoms with Crippen LogP contribution in [-0.2, 0) is 0 Å². The molecule has 0 saturated carbocycles. The molecule has 5 heteroatoms. The summed E-state index contributed by atoms with van der Waals surface area (Å²) in [6.07, 6.45) is 4.09. The van der Waals surface area contributed by atoms with Crippen LogP contribution in [-0.4, -0.2) is 23.0 Å². The first-order chi connectivity index (χ1) is 9.06. The molecular weight excluding hydrogens is 242 g/mol. The van der Waals surface area contributed by atoms with Crippen LogP contribution in [0.3, 0.4) is 0 Å². The van der Waals surface area contributed by atoms with Crippen LogP contribution in [0.5, 0.6) is 0 Å². The zero-order chi connectivity index (χ0) is 13.6. The van der Waals surface area contributed by atoms with Gasteiger partial charge < -0.3 is 10.6 Å². The summed E-state index contributed by atoms with van der Waals surface area (Å²) in [6, 6.07) is 6.36. The second-order valence-corrected chi connectivity index (χ2v) is 5.77. The van der Waals surface area contributed by atoms with Crippen LogP contribution in [0, 0.1) is 17.0 Å². The van der Waals surface area contributed by atoms with Gasteiger partial charge in [-0.3, -0.25) is 10.1 Å². The largest absolute Gasteiger partial charge is 0.360 e. The molecule has 2 bridgehead atoms. The van der Waals surface area contributed by atoms with Gasteiger partial charge in [-0.2, -0.15) is 0 Å². The van der Waals surface area contributed by atoms with Crippen molar-refractivity contribution in [1.29, 1.82) is 0 Å². The zero-order valence-electron chi connectivity index (χ0n) is 11.1. The molecule has 0 amide bonds. The van der Waals surface area contributed by atoms with Crippen LogP contribution in [0.2, 0.25) is 0 Å². The Morgan fingerprint density at radius 3 is 2.53 bits per heavy atom. The lowest BCUT2D eigenvalue weighted by Gasteiger charge is -2.39. The van der Waals surface area contributed by atoms with Gasteiger partial charge >= 0.3 is 0 Å². The average Bonchev–Trinajstić information content (AvgIpc) is 2.61. The second kappa shape index (κ2) is 4.49. The third kappa shape index (κ3) is 2.08. The molecule has 2 fully saturated rings. The van der Waals surface area contributed by atoms with Gasteiger partial charge in [-0.1, -0.05) is 6.07 Å². The molecule has 3 rings (SSSR count). The third-order valence-corrected chi connectivity index (χ3v) is 4.38. The fourth-order valence-corrected chi connectivity index (χ4v) is 3.61. The third-order valence-electron chi connectivity index (χ3n) is 4.38. The molecule has 2 unspecified atom stereocenters. The summed E-state index contributed by atoms with van der Waals surface area (Å²) < 4.78 is 0. The smallest absolute Gasteiger partial charge is 0.292 e. The maximum absolute atomic E-state index is 11.2. The standard InChI is InChI=1S/C14H19N3O2/c1-9-2-5-13(17(18)19)14(6-9)16-11-3-4-12(16)8-10(15)7-11/h2,5-6,10-12H,3-4,7-8,15H2,1H3. The van der Waals surface area contributed by atoms with Gasteiger partial charge in [-0.25, -0.2) is 0 Å². The van der Waals surface area contributed by atoms with E-state index in [1.807, 2.05) is 13.0 Å². The predicted molar refractivity (Wildman–Crippen MR) is 74.3 cm³/mol. The summed E-state index contributed by atoms with van der Waals surface area (Å²) >= 11 is 0. The van der Waals surface area contributed by atoms with Crippen LogP contribution >= 0.6 is 0 Å². The van der Waals surface area contributed by atoms with Gasteiger partial charge in [0, 0.05) is 24.2 Å². The molecule has 0 aliphatic carbocycles. The number of rotatable bonds is 2. The Kier molecular flexibility index (Phi) is 2.93. The molecular formula is C14H19N3O2. The second-order valence-electron chi connectivity index (χ2n) is 5.77.